The van der Waals surface area contributed by atoms with Crippen molar-refractivity contribution in [3.8, 4) is 0 Å². The van der Waals surface area contributed by atoms with Gasteiger partial charge in [0.25, 0.3) is 0 Å². The zero-order valence-electron chi connectivity index (χ0n) is 14.9. The monoisotopic (exact) mass is 293 g/mol. The second-order valence-electron chi connectivity index (χ2n) is 8.08. The maximum absolute atomic E-state index is 3.98. The van der Waals surface area contributed by atoms with Crippen molar-refractivity contribution in [3.05, 3.63) is 0 Å². The lowest BCUT2D eigenvalue weighted by Gasteiger charge is -2.41. The lowest BCUT2D eigenvalue weighted by atomic mass is 9.69. The van der Waals surface area contributed by atoms with Gasteiger partial charge in [-0.25, -0.2) is 0 Å². The van der Waals surface area contributed by atoms with Crippen molar-refractivity contribution in [2.24, 2.45) is 23.7 Å². The molecule has 1 heteroatoms. The van der Waals surface area contributed by atoms with Crippen molar-refractivity contribution in [2.45, 2.75) is 97.4 Å². The average Bonchev–Trinajstić information content (AvgIpc) is 2.50. The molecule has 0 saturated heterocycles. The summed E-state index contributed by atoms with van der Waals surface area (Å²) < 4.78 is 0. The third-order valence-electron chi connectivity index (χ3n) is 6.21. The standard InChI is InChI=1S/C20H39N/c1-4-7-17-10-12-18(13-11-17)20(21-14-5-2)19-9-6-8-16(3)15-19/h16-21H,4-15H2,1-3H3. The van der Waals surface area contributed by atoms with Gasteiger partial charge in [-0.15, -0.1) is 0 Å². The van der Waals surface area contributed by atoms with Gasteiger partial charge in [-0.05, 0) is 62.3 Å². The minimum atomic E-state index is 0.829. The molecule has 0 aromatic heterocycles. The highest BCUT2D eigenvalue weighted by Crippen LogP contribution is 2.39. The van der Waals surface area contributed by atoms with Crippen LogP contribution in [0.25, 0.3) is 0 Å². The molecule has 0 aliphatic heterocycles. The Hall–Kier alpha value is -0.0400. The lowest BCUT2D eigenvalue weighted by Crippen LogP contribution is -2.45. The zero-order valence-corrected chi connectivity index (χ0v) is 14.9. The summed E-state index contributed by atoms with van der Waals surface area (Å²) in [5.74, 6) is 3.95. The van der Waals surface area contributed by atoms with Crippen LogP contribution in [-0.4, -0.2) is 12.6 Å². The Morgan fingerprint density at radius 3 is 2.29 bits per heavy atom. The molecule has 0 radical (unpaired) electrons. The normalized spacial score (nSPS) is 35.6. The molecule has 0 aromatic carbocycles. The van der Waals surface area contributed by atoms with E-state index in [-0.39, 0.29) is 0 Å². The van der Waals surface area contributed by atoms with E-state index < -0.39 is 0 Å². The van der Waals surface area contributed by atoms with Crippen LogP contribution in [0.2, 0.25) is 0 Å². The average molecular weight is 294 g/mol. The van der Waals surface area contributed by atoms with E-state index >= 15 is 0 Å². The number of hydrogen-bond donors (Lipinski definition) is 1. The van der Waals surface area contributed by atoms with Crippen molar-refractivity contribution in [1.82, 2.24) is 5.32 Å². The Morgan fingerprint density at radius 2 is 1.67 bits per heavy atom. The maximum atomic E-state index is 3.98. The Bertz CT molecular complexity index is 267. The van der Waals surface area contributed by atoms with E-state index in [2.05, 4.69) is 26.1 Å². The molecular weight excluding hydrogens is 254 g/mol. The minimum absolute atomic E-state index is 0.829. The van der Waals surface area contributed by atoms with Gasteiger partial charge in [0.05, 0.1) is 0 Å². The third kappa shape index (κ3) is 5.27. The maximum Gasteiger partial charge on any atom is 0.0124 e. The molecule has 0 amide bonds. The first kappa shape index (κ1) is 17.3. The van der Waals surface area contributed by atoms with E-state index in [1.165, 1.54) is 77.2 Å². The van der Waals surface area contributed by atoms with Crippen molar-refractivity contribution < 1.29 is 0 Å². The molecule has 124 valence electrons. The molecule has 1 nitrogen and oxygen atoms in total. The van der Waals surface area contributed by atoms with Crippen molar-refractivity contribution in [2.75, 3.05) is 6.54 Å². The summed E-state index contributed by atoms with van der Waals surface area (Å²) in [6.07, 6.45) is 16.1. The fourth-order valence-corrected chi connectivity index (χ4v) is 5.08. The predicted octanol–water partition coefficient (Wildman–Crippen LogP) is 5.79. The molecule has 2 aliphatic carbocycles. The van der Waals surface area contributed by atoms with Gasteiger partial charge in [0, 0.05) is 6.04 Å². The molecule has 0 aromatic rings. The van der Waals surface area contributed by atoms with E-state index in [0.29, 0.717) is 0 Å². The van der Waals surface area contributed by atoms with Crippen molar-refractivity contribution in [1.29, 1.82) is 0 Å². The summed E-state index contributed by atoms with van der Waals surface area (Å²) in [5.41, 5.74) is 0. The van der Waals surface area contributed by atoms with E-state index in [0.717, 1.165) is 29.7 Å². The van der Waals surface area contributed by atoms with Crippen molar-refractivity contribution in [3.63, 3.8) is 0 Å². The molecule has 2 fully saturated rings. The topological polar surface area (TPSA) is 12.0 Å². The molecule has 0 bridgehead atoms. The highest BCUT2D eigenvalue weighted by molar-refractivity contribution is 4.89. The lowest BCUT2D eigenvalue weighted by molar-refractivity contribution is 0.134. The first-order valence-corrected chi connectivity index (χ1v) is 9.97. The van der Waals surface area contributed by atoms with Gasteiger partial charge >= 0.3 is 0 Å². The molecular formula is C20H39N. The third-order valence-corrected chi connectivity index (χ3v) is 6.21. The predicted molar refractivity (Wildman–Crippen MR) is 93.6 cm³/mol. The zero-order chi connectivity index (χ0) is 15.1. The molecule has 0 spiro atoms. The summed E-state index contributed by atoms with van der Waals surface area (Å²) in [7, 11) is 0. The Labute approximate surface area is 133 Å². The molecule has 0 heterocycles. The fraction of sp³-hybridized carbons (Fsp3) is 1.00. The largest absolute Gasteiger partial charge is 0.313 e. The summed E-state index contributed by atoms with van der Waals surface area (Å²) in [5, 5.41) is 3.98. The Balaban J connectivity index is 1.89. The summed E-state index contributed by atoms with van der Waals surface area (Å²) >= 11 is 0. The molecule has 1 N–H and O–H groups in total. The summed E-state index contributed by atoms with van der Waals surface area (Å²) in [4.78, 5) is 0. The van der Waals surface area contributed by atoms with Gasteiger partial charge in [-0.1, -0.05) is 59.3 Å². The van der Waals surface area contributed by atoms with Gasteiger partial charge in [-0.3, -0.25) is 0 Å². The van der Waals surface area contributed by atoms with E-state index in [9.17, 15) is 0 Å². The van der Waals surface area contributed by atoms with E-state index in [1.54, 1.807) is 0 Å². The minimum Gasteiger partial charge on any atom is -0.313 e. The van der Waals surface area contributed by atoms with Gasteiger partial charge in [-0.2, -0.15) is 0 Å². The smallest absolute Gasteiger partial charge is 0.0124 e. The van der Waals surface area contributed by atoms with Crippen LogP contribution in [0.15, 0.2) is 0 Å². The van der Waals surface area contributed by atoms with Crippen LogP contribution in [0, 0.1) is 23.7 Å². The Morgan fingerprint density at radius 1 is 0.905 bits per heavy atom. The van der Waals surface area contributed by atoms with Crippen molar-refractivity contribution >= 4 is 0 Å². The van der Waals surface area contributed by atoms with E-state index in [1.807, 2.05) is 0 Å². The molecule has 2 rings (SSSR count). The number of rotatable bonds is 7. The number of nitrogens with one attached hydrogen (secondary N) is 1. The molecule has 2 aliphatic rings. The quantitative estimate of drug-likeness (QED) is 0.626. The highest BCUT2D eigenvalue weighted by Gasteiger charge is 2.34. The second kappa shape index (κ2) is 9.18. The molecule has 2 saturated carbocycles. The van der Waals surface area contributed by atoms with Gasteiger partial charge in [0.2, 0.25) is 0 Å². The summed E-state index contributed by atoms with van der Waals surface area (Å²) in [6.45, 7) is 8.36. The first-order valence-electron chi connectivity index (χ1n) is 9.97. The van der Waals surface area contributed by atoms with Crippen LogP contribution in [0.1, 0.15) is 91.4 Å². The summed E-state index contributed by atoms with van der Waals surface area (Å²) in [6, 6.07) is 0.829. The van der Waals surface area contributed by atoms with Gasteiger partial charge < -0.3 is 5.32 Å². The van der Waals surface area contributed by atoms with Crippen LogP contribution in [0.3, 0.4) is 0 Å². The van der Waals surface area contributed by atoms with Crippen LogP contribution in [0.5, 0.6) is 0 Å². The van der Waals surface area contributed by atoms with Crippen LogP contribution in [-0.2, 0) is 0 Å². The fourth-order valence-electron chi connectivity index (χ4n) is 5.08. The number of hydrogen-bond acceptors (Lipinski definition) is 1. The van der Waals surface area contributed by atoms with Crippen LogP contribution in [0.4, 0.5) is 0 Å². The molecule has 3 atom stereocenters. The van der Waals surface area contributed by atoms with Gasteiger partial charge in [0.15, 0.2) is 0 Å². The first-order chi connectivity index (χ1) is 10.2. The SMILES string of the molecule is CCCNC(C1CCC(CCC)CC1)C1CCCC(C)C1. The van der Waals surface area contributed by atoms with E-state index in [4.69, 9.17) is 0 Å². The van der Waals surface area contributed by atoms with Crippen LogP contribution < -0.4 is 5.32 Å². The highest BCUT2D eigenvalue weighted by atomic mass is 14.9. The Kier molecular flexibility index (Phi) is 7.57. The molecule has 3 unspecified atom stereocenters. The van der Waals surface area contributed by atoms with Gasteiger partial charge in [0.1, 0.15) is 0 Å². The van der Waals surface area contributed by atoms with Crippen LogP contribution >= 0.6 is 0 Å². The second-order valence-corrected chi connectivity index (χ2v) is 8.08. The molecule has 21 heavy (non-hydrogen) atoms.